The highest BCUT2D eigenvalue weighted by molar-refractivity contribution is 6.22. The minimum atomic E-state index is -2.32. The Bertz CT molecular complexity index is 717. The van der Waals surface area contributed by atoms with E-state index in [9.17, 15) is 19.2 Å². The molecule has 134 valence electrons. The van der Waals surface area contributed by atoms with Gasteiger partial charge in [0.25, 0.3) is 11.8 Å². The van der Waals surface area contributed by atoms with Gasteiger partial charge < -0.3 is 15.2 Å². The molecule has 0 saturated carbocycles. The zero-order chi connectivity index (χ0) is 19.0. The maximum Gasteiger partial charge on any atom is 0.340 e. The molecule has 0 unspecified atom stereocenters. The van der Waals surface area contributed by atoms with Crippen LogP contribution in [-0.4, -0.2) is 53.4 Å². The van der Waals surface area contributed by atoms with Gasteiger partial charge in [0.05, 0.1) is 24.8 Å². The van der Waals surface area contributed by atoms with Crippen LogP contribution in [0.3, 0.4) is 0 Å². The molecule has 0 aromatic heterocycles. The Labute approximate surface area is 144 Å². The number of benzene rings is 1. The number of imide groups is 1. The van der Waals surface area contributed by atoms with Crippen LogP contribution in [0.4, 0.5) is 0 Å². The lowest BCUT2D eigenvalue weighted by Gasteiger charge is -2.31. The number of nitrogens with zero attached hydrogens (tertiary/aromatic N) is 1. The fourth-order valence-corrected chi connectivity index (χ4v) is 2.40. The van der Waals surface area contributed by atoms with Gasteiger partial charge in [0.2, 0.25) is 5.54 Å². The molecule has 0 saturated heterocycles. The average molecular weight is 348 g/mol. The molecule has 1 heterocycles. The van der Waals surface area contributed by atoms with Crippen LogP contribution in [0, 0.1) is 0 Å². The molecule has 0 bridgehead atoms. The maximum atomic E-state index is 12.5. The predicted molar refractivity (Wildman–Crippen MR) is 86.6 cm³/mol. The molecule has 0 radical (unpaired) electrons. The molecule has 8 heteroatoms. The van der Waals surface area contributed by atoms with E-state index in [4.69, 9.17) is 10.5 Å². The summed E-state index contributed by atoms with van der Waals surface area (Å²) in [7, 11) is 1.05. The first kappa shape index (κ1) is 18.6. The number of carbonyl (C=O) groups is 4. The van der Waals surface area contributed by atoms with Crippen LogP contribution in [0.2, 0.25) is 0 Å². The summed E-state index contributed by atoms with van der Waals surface area (Å²) in [5, 5.41) is 0. The van der Waals surface area contributed by atoms with E-state index < -0.39 is 41.4 Å². The molecular formula is C17H20N2O6. The lowest BCUT2D eigenvalue weighted by atomic mass is 9.99. The third-order valence-corrected chi connectivity index (χ3v) is 3.60. The number of nitrogens with two attached hydrogens (primary N) is 1. The summed E-state index contributed by atoms with van der Waals surface area (Å²) in [6.45, 7) is 4.13. The fraction of sp³-hybridized carbons (Fsp3) is 0.412. The van der Waals surface area contributed by atoms with Gasteiger partial charge in [-0.2, -0.15) is 0 Å². The molecule has 0 spiro atoms. The monoisotopic (exact) mass is 348 g/mol. The van der Waals surface area contributed by atoms with E-state index in [1.807, 2.05) is 0 Å². The molecule has 8 nitrogen and oxygen atoms in total. The Hall–Kier alpha value is -2.74. The van der Waals surface area contributed by atoms with E-state index >= 15 is 0 Å². The van der Waals surface area contributed by atoms with E-state index in [1.54, 1.807) is 32.9 Å². The first-order valence-corrected chi connectivity index (χ1v) is 7.57. The SMILES string of the molecule is COC(=O)[C@](N)(CN1C(=O)c2ccccc2C1=O)C(=O)OC(C)(C)C. The Kier molecular flexibility index (Phi) is 4.68. The number of methoxy groups -OCH3 is 1. The van der Waals surface area contributed by atoms with Gasteiger partial charge in [0.15, 0.2) is 0 Å². The number of amides is 2. The lowest BCUT2D eigenvalue weighted by molar-refractivity contribution is -0.170. The summed E-state index contributed by atoms with van der Waals surface area (Å²) in [4.78, 5) is 50.2. The van der Waals surface area contributed by atoms with Crippen molar-refractivity contribution < 1.29 is 28.7 Å². The third-order valence-electron chi connectivity index (χ3n) is 3.60. The Morgan fingerprint density at radius 2 is 1.52 bits per heavy atom. The van der Waals surface area contributed by atoms with Crippen LogP contribution in [0.1, 0.15) is 41.5 Å². The second-order valence-electron chi connectivity index (χ2n) is 6.71. The summed E-state index contributed by atoms with van der Waals surface area (Å²) in [5.41, 5.74) is 3.07. The highest BCUT2D eigenvalue weighted by atomic mass is 16.6. The van der Waals surface area contributed by atoms with Crippen LogP contribution in [0.5, 0.6) is 0 Å². The van der Waals surface area contributed by atoms with Gasteiger partial charge in [-0.15, -0.1) is 0 Å². The van der Waals surface area contributed by atoms with Crippen molar-refractivity contribution in [2.45, 2.75) is 31.9 Å². The topological polar surface area (TPSA) is 116 Å². The maximum absolute atomic E-state index is 12.5. The van der Waals surface area contributed by atoms with Crippen LogP contribution < -0.4 is 5.73 Å². The van der Waals surface area contributed by atoms with Crippen molar-refractivity contribution in [1.29, 1.82) is 0 Å². The van der Waals surface area contributed by atoms with Gasteiger partial charge in [-0.1, -0.05) is 12.1 Å². The number of hydrogen-bond donors (Lipinski definition) is 1. The number of esters is 2. The van der Waals surface area contributed by atoms with Crippen molar-refractivity contribution in [1.82, 2.24) is 4.90 Å². The van der Waals surface area contributed by atoms with Crippen molar-refractivity contribution in [2.75, 3.05) is 13.7 Å². The Morgan fingerprint density at radius 1 is 1.04 bits per heavy atom. The number of hydrogen-bond acceptors (Lipinski definition) is 7. The molecule has 1 aliphatic rings. The first-order valence-electron chi connectivity index (χ1n) is 7.57. The normalized spacial score (nSPS) is 16.3. The molecule has 0 aliphatic carbocycles. The summed E-state index contributed by atoms with van der Waals surface area (Å²) in [6.07, 6.45) is 0. The molecule has 1 aliphatic heterocycles. The standard InChI is InChI=1S/C17H20N2O6/c1-16(2,3)25-15(23)17(18,14(22)24-4)9-19-12(20)10-7-5-6-8-11(10)13(19)21/h5-8H,9,18H2,1-4H3/t17-/m1/s1. The van der Waals surface area contributed by atoms with Gasteiger partial charge >= 0.3 is 11.9 Å². The van der Waals surface area contributed by atoms with E-state index in [2.05, 4.69) is 4.74 Å². The number of fused-ring (bicyclic) bond motifs is 1. The highest BCUT2D eigenvalue weighted by Gasteiger charge is 2.51. The predicted octanol–water partition coefficient (Wildman–Crippen LogP) is 0.495. The van der Waals surface area contributed by atoms with Gasteiger partial charge in [0.1, 0.15) is 5.60 Å². The van der Waals surface area contributed by atoms with Crippen molar-refractivity contribution in [3.8, 4) is 0 Å². The fourth-order valence-electron chi connectivity index (χ4n) is 2.40. The summed E-state index contributed by atoms with van der Waals surface area (Å²) >= 11 is 0. The number of ether oxygens (including phenoxy) is 2. The molecule has 25 heavy (non-hydrogen) atoms. The van der Waals surface area contributed by atoms with Crippen LogP contribution in [-0.2, 0) is 19.1 Å². The molecule has 1 aromatic rings. The van der Waals surface area contributed by atoms with Gasteiger partial charge in [-0.05, 0) is 32.9 Å². The molecule has 0 fully saturated rings. The van der Waals surface area contributed by atoms with E-state index in [0.717, 1.165) is 12.0 Å². The Morgan fingerprint density at radius 3 is 1.92 bits per heavy atom. The van der Waals surface area contributed by atoms with Crippen LogP contribution >= 0.6 is 0 Å². The first-order chi connectivity index (χ1) is 11.5. The van der Waals surface area contributed by atoms with Crippen molar-refractivity contribution in [2.24, 2.45) is 5.73 Å². The summed E-state index contributed by atoms with van der Waals surface area (Å²) < 4.78 is 9.76. The minimum absolute atomic E-state index is 0.184. The zero-order valence-corrected chi connectivity index (χ0v) is 14.5. The van der Waals surface area contributed by atoms with E-state index in [-0.39, 0.29) is 11.1 Å². The summed E-state index contributed by atoms with van der Waals surface area (Å²) in [5.74, 6) is -3.45. The van der Waals surface area contributed by atoms with Crippen molar-refractivity contribution in [3.63, 3.8) is 0 Å². The molecule has 2 rings (SSSR count). The largest absolute Gasteiger partial charge is 0.467 e. The Balaban J connectivity index is 2.36. The molecule has 1 atom stereocenters. The third kappa shape index (κ3) is 3.39. The molecule has 1 aromatic carbocycles. The van der Waals surface area contributed by atoms with E-state index in [1.165, 1.54) is 12.1 Å². The summed E-state index contributed by atoms with van der Waals surface area (Å²) in [6, 6.07) is 6.19. The van der Waals surface area contributed by atoms with Crippen LogP contribution in [0.25, 0.3) is 0 Å². The second-order valence-corrected chi connectivity index (χ2v) is 6.71. The zero-order valence-electron chi connectivity index (χ0n) is 14.5. The van der Waals surface area contributed by atoms with E-state index in [0.29, 0.717) is 0 Å². The molecule has 2 amide bonds. The lowest BCUT2D eigenvalue weighted by Crippen LogP contribution is -2.64. The second kappa shape index (κ2) is 6.29. The molecule has 2 N–H and O–H groups in total. The minimum Gasteiger partial charge on any atom is -0.467 e. The van der Waals surface area contributed by atoms with Gasteiger partial charge in [0, 0.05) is 0 Å². The quantitative estimate of drug-likeness (QED) is 0.478. The van der Waals surface area contributed by atoms with Gasteiger partial charge in [-0.3, -0.25) is 14.5 Å². The van der Waals surface area contributed by atoms with Crippen molar-refractivity contribution >= 4 is 23.8 Å². The average Bonchev–Trinajstić information content (AvgIpc) is 2.77. The molecular weight excluding hydrogens is 328 g/mol. The number of rotatable bonds is 4. The smallest absolute Gasteiger partial charge is 0.340 e. The van der Waals surface area contributed by atoms with Crippen LogP contribution in [0.15, 0.2) is 24.3 Å². The van der Waals surface area contributed by atoms with Crippen molar-refractivity contribution in [3.05, 3.63) is 35.4 Å². The number of carbonyl (C=O) groups excluding carboxylic acids is 4. The highest BCUT2D eigenvalue weighted by Crippen LogP contribution is 2.25. The van der Waals surface area contributed by atoms with Gasteiger partial charge in [-0.25, -0.2) is 9.59 Å².